The van der Waals surface area contributed by atoms with Crippen molar-refractivity contribution in [3.05, 3.63) is 125 Å². The fraction of sp³-hybridized carbons (Fsp3) is 0.219. The second-order valence-electron chi connectivity index (χ2n) is 8.61. The highest BCUT2D eigenvalue weighted by atomic mass is 16.7. The summed E-state index contributed by atoms with van der Waals surface area (Å²) in [6.45, 7) is 0.967. The molecule has 0 amide bonds. The molecule has 1 aliphatic rings. The van der Waals surface area contributed by atoms with Crippen molar-refractivity contribution in [3.8, 4) is 17.2 Å². The fourth-order valence-corrected chi connectivity index (χ4v) is 4.30. The number of carbonyl (C=O) groups is 1. The second-order valence-corrected chi connectivity index (χ2v) is 8.61. The molecule has 1 aliphatic heterocycles. The van der Waals surface area contributed by atoms with Crippen LogP contribution in [0.1, 0.15) is 42.0 Å². The molecule has 5 nitrogen and oxygen atoms in total. The molecule has 0 spiro atoms. The van der Waals surface area contributed by atoms with E-state index in [2.05, 4.69) is 0 Å². The van der Waals surface area contributed by atoms with Crippen LogP contribution in [0, 0.1) is 0 Å². The topological polar surface area (TPSA) is 54.0 Å². The molecule has 0 atom stereocenters. The number of rotatable bonds is 10. The van der Waals surface area contributed by atoms with Gasteiger partial charge in [0.15, 0.2) is 11.5 Å². The van der Waals surface area contributed by atoms with Gasteiger partial charge in [-0.15, -0.1) is 0 Å². The highest BCUT2D eigenvalue weighted by Gasteiger charge is 2.24. The van der Waals surface area contributed by atoms with Gasteiger partial charge in [-0.25, -0.2) is 0 Å². The number of aryl methyl sites for hydroxylation is 1. The van der Waals surface area contributed by atoms with Gasteiger partial charge >= 0.3 is 5.97 Å². The Kier molecular flexibility index (Phi) is 8.82. The number of esters is 1. The fourth-order valence-electron chi connectivity index (χ4n) is 4.30. The lowest BCUT2D eigenvalue weighted by molar-refractivity contribution is -0.144. The van der Waals surface area contributed by atoms with E-state index in [4.69, 9.17) is 18.9 Å². The Labute approximate surface area is 218 Å². The molecular formula is C32H32O5. The van der Waals surface area contributed by atoms with Crippen LogP contribution < -0.4 is 14.2 Å². The maximum Gasteiger partial charge on any atom is 0.317 e. The van der Waals surface area contributed by atoms with Gasteiger partial charge in [0.1, 0.15) is 18.3 Å². The Morgan fingerprint density at radius 1 is 0.784 bits per heavy atom. The molecule has 0 saturated carbocycles. The Morgan fingerprint density at radius 2 is 1.35 bits per heavy atom. The normalized spacial score (nSPS) is 11.6. The largest absolute Gasteiger partial charge is 0.488 e. The number of fused-ring (bicyclic) bond motifs is 1. The van der Waals surface area contributed by atoms with E-state index in [0.29, 0.717) is 37.6 Å². The summed E-state index contributed by atoms with van der Waals surface area (Å²) < 4.78 is 23.0. The van der Waals surface area contributed by atoms with Gasteiger partial charge in [-0.2, -0.15) is 0 Å². The Hall–Kier alpha value is -4.25. The Balaban J connectivity index is 0.00000320. The van der Waals surface area contributed by atoms with Crippen molar-refractivity contribution in [1.82, 2.24) is 0 Å². The molecule has 5 rings (SSSR count). The number of carbonyl (C=O) groups excluding carboxylic acids is 1. The van der Waals surface area contributed by atoms with Crippen molar-refractivity contribution in [2.75, 3.05) is 13.4 Å². The number of benzene rings is 4. The van der Waals surface area contributed by atoms with E-state index < -0.39 is 5.92 Å². The number of ether oxygens (including phenoxy) is 4. The minimum Gasteiger partial charge on any atom is -0.488 e. The van der Waals surface area contributed by atoms with Crippen LogP contribution in [0.5, 0.6) is 17.2 Å². The molecule has 0 bridgehead atoms. The maximum atomic E-state index is 13.2. The van der Waals surface area contributed by atoms with Crippen LogP contribution in [0.15, 0.2) is 103 Å². The molecule has 5 heteroatoms. The van der Waals surface area contributed by atoms with E-state index in [9.17, 15) is 4.79 Å². The van der Waals surface area contributed by atoms with E-state index in [0.717, 1.165) is 28.0 Å². The first kappa shape index (κ1) is 25.8. The molecule has 4 aromatic carbocycles. The minimum absolute atomic E-state index is 0. The molecular weight excluding hydrogens is 464 g/mol. The van der Waals surface area contributed by atoms with Gasteiger partial charge in [0.05, 0.1) is 6.61 Å². The first-order chi connectivity index (χ1) is 17.8. The van der Waals surface area contributed by atoms with Gasteiger partial charge in [0.25, 0.3) is 0 Å². The number of hydrogen-bond donors (Lipinski definition) is 0. The van der Waals surface area contributed by atoms with E-state index in [1.807, 2.05) is 103 Å². The highest BCUT2D eigenvalue weighted by Crippen LogP contribution is 2.39. The van der Waals surface area contributed by atoms with E-state index >= 15 is 0 Å². The van der Waals surface area contributed by atoms with E-state index in [1.54, 1.807) is 0 Å². The molecule has 0 aliphatic carbocycles. The average molecular weight is 497 g/mol. The summed E-state index contributed by atoms with van der Waals surface area (Å²) in [7, 11) is 0. The van der Waals surface area contributed by atoms with Crippen molar-refractivity contribution in [2.24, 2.45) is 0 Å². The van der Waals surface area contributed by atoms with Crippen LogP contribution in [0.25, 0.3) is 0 Å². The van der Waals surface area contributed by atoms with Gasteiger partial charge in [0, 0.05) is 6.07 Å². The van der Waals surface area contributed by atoms with Crippen molar-refractivity contribution >= 4 is 5.97 Å². The first-order valence-corrected chi connectivity index (χ1v) is 12.1. The zero-order valence-corrected chi connectivity index (χ0v) is 20.0. The van der Waals surface area contributed by atoms with Gasteiger partial charge in [-0.05, 0) is 41.2 Å². The summed E-state index contributed by atoms with van der Waals surface area (Å²) in [5.74, 6) is 1.44. The smallest absolute Gasteiger partial charge is 0.317 e. The summed E-state index contributed by atoms with van der Waals surface area (Å²) in [5.41, 5.74) is 3.92. The molecule has 0 radical (unpaired) electrons. The Bertz CT molecular complexity index is 1230. The maximum absolute atomic E-state index is 13.2. The van der Waals surface area contributed by atoms with Crippen LogP contribution in [0.4, 0.5) is 0 Å². The van der Waals surface area contributed by atoms with Crippen molar-refractivity contribution in [1.29, 1.82) is 0 Å². The highest BCUT2D eigenvalue weighted by molar-refractivity contribution is 5.82. The predicted octanol–water partition coefficient (Wildman–Crippen LogP) is 6.94. The molecule has 190 valence electrons. The lowest BCUT2D eigenvalue weighted by atomic mass is 9.91. The lowest BCUT2D eigenvalue weighted by Gasteiger charge is -2.17. The standard InChI is InChI=1S/C31H28O5.CH4/c32-31(30(24-13-6-2-7-14-24)25-15-8-3-9-16-25)33-18-10-17-26-19-28-29(36-22-35-28)20-27(26)34-21-23-11-4-1-5-12-23;/h1-9,11-16,19-20,30H,10,17-18,21-22H2;1H4. The zero-order valence-electron chi connectivity index (χ0n) is 20.0. The van der Waals surface area contributed by atoms with Crippen LogP contribution in [0.3, 0.4) is 0 Å². The average Bonchev–Trinajstić information content (AvgIpc) is 3.39. The van der Waals surface area contributed by atoms with Gasteiger partial charge < -0.3 is 18.9 Å². The molecule has 1 heterocycles. The summed E-state index contributed by atoms with van der Waals surface area (Å²) in [4.78, 5) is 13.2. The van der Waals surface area contributed by atoms with Crippen molar-refractivity contribution < 1.29 is 23.7 Å². The third kappa shape index (κ3) is 6.50. The van der Waals surface area contributed by atoms with Crippen molar-refractivity contribution in [2.45, 2.75) is 32.8 Å². The second kappa shape index (κ2) is 12.6. The van der Waals surface area contributed by atoms with Gasteiger partial charge in [-0.3, -0.25) is 4.79 Å². The third-order valence-electron chi connectivity index (χ3n) is 6.13. The van der Waals surface area contributed by atoms with Crippen LogP contribution in [-0.4, -0.2) is 19.4 Å². The monoisotopic (exact) mass is 496 g/mol. The van der Waals surface area contributed by atoms with Crippen molar-refractivity contribution in [3.63, 3.8) is 0 Å². The minimum atomic E-state index is -0.456. The zero-order chi connectivity index (χ0) is 24.6. The van der Waals surface area contributed by atoms with E-state index in [-0.39, 0.29) is 20.2 Å². The van der Waals surface area contributed by atoms with Gasteiger partial charge in [-0.1, -0.05) is 98.4 Å². The summed E-state index contributed by atoms with van der Waals surface area (Å²) in [6, 6.07) is 33.4. The van der Waals surface area contributed by atoms with Gasteiger partial charge in [0.2, 0.25) is 6.79 Å². The molecule has 0 N–H and O–H groups in total. The SMILES string of the molecule is C.O=C(OCCCc1cc2c(cc1OCc1ccccc1)OCO2)C(c1ccccc1)c1ccccc1. The first-order valence-electron chi connectivity index (χ1n) is 12.1. The van der Waals surface area contributed by atoms with E-state index in [1.165, 1.54) is 0 Å². The van der Waals surface area contributed by atoms with Crippen LogP contribution in [-0.2, 0) is 22.6 Å². The molecule has 0 fully saturated rings. The lowest BCUT2D eigenvalue weighted by Crippen LogP contribution is -2.18. The predicted molar refractivity (Wildman–Crippen MR) is 144 cm³/mol. The molecule has 0 aromatic heterocycles. The Morgan fingerprint density at radius 3 is 1.97 bits per heavy atom. The van der Waals surface area contributed by atoms with Crippen LogP contribution >= 0.6 is 0 Å². The quantitative estimate of drug-likeness (QED) is 0.176. The summed E-state index contributed by atoms with van der Waals surface area (Å²) in [6.07, 6.45) is 1.33. The third-order valence-corrected chi connectivity index (χ3v) is 6.13. The summed E-state index contributed by atoms with van der Waals surface area (Å²) >= 11 is 0. The molecule has 0 saturated heterocycles. The molecule has 0 unspecified atom stereocenters. The number of hydrogen-bond acceptors (Lipinski definition) is 5. The molecule has 4 aromatic rings. The summed E-state index contributed by atoms with van der Waals surface area (Å²) in [5, 5.41) is 0. The van der Waals surface area contributed by atoms with Crippen LogP contribution in [0.2, 0.25) is 0 Å². The molecule has 37 heavy (non-hydrogen) atoms.